The minimum absolute atomic E-state index is 0.181. The first-order valence-electron chi connectivity index (χ1n) is 6.52. The SMILES string of the molecule is CC(=O)Nc1ccc(NCc2cc(C)ccc2F)cc1Cl. The van der Waals surface area contributed by atoms with Gasteiger partial charge in [0.1, 0.15) is 5.82 Å². The predicted octanol–water partition coefficient (Wildman–Crippen LogP) is 4.36. The number of carbonyl (C=O) groups excluding carboxylic acids is 1. The Kier molecular flexibility index (Phi) is 4.81. The van der Waals surface area contributed by atoms with Crippen LogP contribution < -0.4 is 10.6 Å². The Labute approximate surface area is 128 Å². The normalized spacial score (nSPS) is 10.3. The molecule has 0 aliphatic carbocycles. The van der Waals surface area contributed by atoms with Crippen LogP contribution >= 0.6 is 11.6 Å². The highest BCUT2D eigenvalue weighted by molar-refractivity contribution is 6.34. The zero-order chi connectivity index (χ0) is 15.4. The molecule has 0 heterocycles. The molecular weight excluding hydrogens is 291 g/mol. The second-order valence-electron chi connectivity index (χ2n) is 4.82. The van der Waals surface area contributed by atoms with Gasteiger partial charge in [0.25, 0.3) is 0 Å². The van der Waals surface area contributed by atoms with Crippen molar-refractivity contribution in [3.8, 4) is 0 Å². The lowest BCUT2D eigenvalue weighted by atomic mass is 10.1. The van der Waals surface area contributed by atoms with Crippen LogP contribution in [-0.4, -0.2) is 5.91 Å². The molecule has 1 amide bonds. The van der Waals surface area contributed by atoms with Crippen molar-refractivity contribution in [2.45, 2.75) is 20.4 Å². The van der Waals surface area contributed by atoms with Crippen molar-refractivity contribution in [3.63, 3.8) is 0 Å². The van der Waals surface area contributed by atoms with E-state index in [0.29, 0.717) is 22.8 Å². The monoisotopic (exact) mass is 306 g/mol. The van der Waals surface area contributed by atoms with E-state index < -0.39 is 0 Å². The zero-order valence-electron chi connectivity index (χ0n) is 11.8. The molecule has 0 fully saturated rings. The van der Waals surface area contributed by atoms with Crippen molar-refractivity contribution in [3.05, 3.63) is 58.4 Å². The van der Waals surface area contributed by atoms with Crippen molar-refractivity contribution in [1.29, 1.82) is 0 Å². The second-order valence-corrected chi connectivity index (χ2v) is 5.23. The van der Waals surface area contributed by atoms with Gasteiger partial charge in [-0.2, -0.15) is 0 Å². The smallest absolute Gasteiger partial charge is 0.221 e. The molecule has 21 heavy (non-hydrogen) atoms. The third-order valence-corrected chi connectivity index (χ3v) is 3.28. The number of hydrogen-bond acceptors (Lipinski definition) is 2. The van der Waals surface area contributed by atoms with E-state index in [1.165, 1.54) is 13.0 Å². The van der Waals surface area contributed by atoms with Crippen LogP contribution in [0.25, 0.3) is 0 Å². The number of anilines is 2. The molecule has 0 saturated carbocycles. The molecule has 2 rings (SSSR count). The fourth-order valence-corrected chi connectivity index (χ4v) is 2.18. The Balaban J connectivity index is 2.08. The van der Waals surface area contributed by atoms with E-state index in [-0.39, 0.29) is 11.7 Å². The zero-order valence-corrected chi connectivity index (χ0v) is 12.6. The van der Waals surface area contributed by atoms with Gasteiger partial charge < -0.3 is 10.6 Å². The molecule has 2 N–H and O–H groups in total. The van der Waals surface area contributed by atoms with Crippen LogP contribution in [-0.2, 0) is 11.3 Å². The molecule has 3 nitrogen and oxygen atoms in total. The predicted molar refractivity (Wildman–Crippen MR) is 84.2 cm³/mol. The summed E-state index contributed by atoms with van der Waals surface area (Å²) in [5.74, 6) is -0.423. The Morgan fingerprint density at radius 3 is 2.67 bits per heavy atom. The molecule has 110 valence electrons. The standard InChI is InChI=1S/C16H16ClFN2O/c1-10-3-5-15(18)12(7-10)9-19-13-4-6-16(14(17)8-13)20-11(2)21/h3-8,19H,9H2,1-2H3,(H,20,21). The maximum atomic E-state index is 13.6. The molecule has 0 saturated heterocycles. The maximum Gasteiger partial charge on any atom is 0.221 e. The number of halogens is 2. The molecule has 0 unspecified atom stereocenters. The lowest BCUT2D eigenvalue weighted by Crippen LogP contribution is -2.07. The summed E-state index contributed by atoms with van der Waals surface area (Å²) >= 11 is 6.08. The van der Waals surface area contributed by atoms with Crippen LogP contribution in [0.15, 0.2) is 36.4 Å². The summed E-state index contributed by atoms with van der Waals surface area (Å²) in [5, 5.41) is 6.18. The molecule has 0 aliphatic rings. The van der Waals surface area contributed by atoms with E-state index in [0.717, 1.165) is 11.3 Å². The summed E-state index contributed by atoms with van der Waals surface area (Å²) in [6, 6.07) is 10.2. The van der Waals surface area contributed by atoms with Gasteiger partial charge >= 0.3 is 0 Å². The van der Waals surface area contributed by atoms with E-state index in [2.05, 4.69) is 10.6 Å². The number of rotatable bonds is 4. The molecule has 0 radical (unpaired) electrons. The highest BCUT2D eigenvalue weighted by Gasteiger charge is 2.05. The molecule has 5 heteroatoms. The van der Waals surface area contributed by atoms with E-state index in [9.17, 15) is 9.18 Å². The van der Waals surface area contributed by atoms with E-state index >= 15 is 0 Å². The quantitative estimate of drug-likeness (QED) is 0.881. The summed E-state index contributed by atoms with van der Waals surface area (Å²) in [6.07, 6.45) is 0. The molecule has 2 aromatic rings. The number of amides is 1. The Hall–Kier alpha value is -2.07. The van der Waals surface area contributed by atoms with Crippen molar-refractivity contribution in [1.82, 2.24) is 0 Å². The molecular formula is C16H16ClFN2O. The van der Waals surface area contributed by atoms with Gasteiger partial charge in [-0.25, -0.2) is 4.39 Å². The van der Waals surface area contributed by atoms with Gasteiger partial charge in [-0.3, -0.25) is 4.79 Å². The van der Waals surface area contributed by atoms with Crippen LogP contribution in [0.2, 0.25) is 5.02 Å². The van der Waals surface area contributed by atoms with Crippen molar-refractivity contribution < 1.29 is 9.18 Å². The van der Waals surface area contributed by atoms with Crippen LogP contribution in [0.1, 0.15) is 18.1 Å². The summed E-state index contributed by atoms with van der Waals surface area (Å²) in [4.78, 5) is 11.0. The van der Waals surface area contributed by atoms with Crippen LogP contribution in [0, 0.1) is 12.7 Å². The summed E-state index contributed by atoms with van der Waals surface area (Å²) in [5.41, 5.74) is 2.91. The van der Waals surface area contributed by atoms with Gasteiger partial charge in [0.15, 0.2) is 0 Å². The lowest BCUT2D eigenvalue weighted by Gasteiger charge is -2.11. The fraction of sp³-hybridized carbons (Fsp3) is 0.188. The topological polar surface area (TPSA) is 41.1 Å². The number of benzene rings is 2. The molecule has 2 aromatic carbocycles. The van der Waals surface area contributed by atoms with Gasteiger partial charge in [0.05, 0.1) is 10.7 Å². The Bertz CT molecular complexity index is 673. The first-order chi connectivity index (χ1) is 9.95. The first kappa shape index (κ1) is 15.3. The van der Waals surface area contributed by atoms with E-state index in [4.69, 9.17) is 11.6 Å². The second kappa shape index (κ2) is 6.59. The minimum atomic E-state index is -0.242. The van der Waals surface area contributed by atoms with Gasteiger partial charge in [0.2, 0.25) is 5.91 Å². The van der Waals surface area contributed by atoms with Gasteiger partial charge in [-0.15, -0.1) is 0 Å². The van der Waals surface area contributed by atoms with Crippen molar-refractivity contribution >= 4 is 28.9 Å². The van der Waals surface area contributed by atoms with E-state index in [1.54, 1.807) is 30.3 Å². The fourth-order valence-electron chi connectivity index (χ4n) is 1.95. The molecule has 0 bridgehead atoms. The van der Waals surface area contributed by atoms with Crippen molar-refractivity contribution in [2.75, 3.05) is 10.6 Å². The van der Waals surface area contributed by atoms with E-state index in [1.807, 2.05) is 6.92 Å². The maximum absolute atomic E-state index is 13.6. The highest BCUT2D eigenvalue weighted by Crippen LogP contribution is 2.26. The summed E-state index contributed by atoms with van der Waals surface area (Å²) in [7, 11) is 0. The van der Waals surface area contributed by atoms with Crippen LogP contribution in [0.5, 0.6) is 0 Å². The number of hydrogen-bond donors (Lipinski definition) is 2. The average Bonchev–Trinajstić information content (AvgIpc) is 2.42. The highest BCUT2D eigenvalue weighted by atomic mass is 35.5. The third kappa shape index (κ3) is 4.20. The lowest BCUT2D eigenvalue weighted by molar-refractivity contribution is -0.114. The van der Waals surface area contributed by atoms with Crippen LogP contribution in [0.4, 0.5) is 15.8 Å². The summed E-state index contributed by atoms with van der Waals surface area (Å²) in [6.45, 7) is 3.70. The number of carbonyl (C=O) groups is 1. The minimum Gasteiger partial charge on any atom is -0.381 e. The molecule has 0 aromatic heterocycles. The number of aryl methyl sites for hydroxylation is 1. The van der Waals surface area contributed by atoms with Gasteiger partial charge in [0, 0.05) is 24.7 Å². The summed E-state index contributed by atoms with van der Waals surface area (Å²) < 4.78 is 13.6. The average molecular weight is 307 g/mol. The molecule has 0 atom stereocenters. The largest absolute Gasteiger partial charge is 0.381 e. The molecule has 0 aliphatic heterocycles. The Morgan fingerprint density at radius 1 is 1.24 bits per heavy atom. The van der Waals surface area contributed by atoms with Gasteiger partial charge in [-0.05, 0) is 31.2 Å². The third-order valence-electron chi connectivity index (χ3n) is 2.96. The first-order valence-corrected chi connectivity index (χ1v) is 6.89. The Morgan fingerprint density at radius 2 is 2.00 bits per heavy atom. The number of nitrogens with one attached hydrogen (secondary N) is 2. The van der Waals surface area contributed by atoms with Gasteiger partial charge in [-0.1, -0.05) is 29.3 Å². The van der Waals surface area contributed by atoms with Crippen molar-refractivity contribution in [2.24, 2.45) is 0 Å². The molecule has 0 spiro atoms. The van der Waals surface area contributed by atoms with Crippen LogP contribution in [0.3, 0.4) is 0 Å².